The van der Waals surface area contributed by atoms with Crippen LogP contribution in [0.5, 0.6) is 11.5 Å². The summed E-state index contributed by atoms with van der Waals surface area (Å²) in [6, 6.07) is 10.2. The third-order valence-corrected chi connectivity index (χ3v) is 3.94. The lowest BCUT2D eigenvalue weighted by molar-refractivity contribution is -0.117. The molecule has 0 heterocycles. The maximum absolute atomic E-state index is 12.2. The number of benzene rings is 2. The van der Waals surface area contributed by atoms with E-state index in [4.69, 9.17) is 21.1 Å². The van der Waals surface area contributed by atoms with Crippen molar-refractivity contribution in [2.75, 3.05) is 14.2 Å². The van der Waals surface area contributed by atoms with E-state index < -0.39 is 11.8 Å². The van der Waals surface area contributed by atoms with Crippen molar-refractivity contribution in [3.05, 3.63) is 64.2 Å². The topological polar surface area (TPSA) is 76.7 Å². The third-order valence-electron chi connectivity index (χ3n) is 3.54. The summed E-state index contributed by atoms with van der Waals surface area (Å²) < 4.78 is 10.2. The quantitative estimate of drug-likeness (QED) is 0.622. The molecule has 2 aromatic carbocycles. The second-order valence-electron chi connectivity index (χ2n) is 5.39. The molecule has 0 atom stereocenters. The predicted octanol–water partition coefficient (Wildman–Crippen LogP) is 3.14. The van der Waals surface area contributed by atoms with Crippen molar-refractivity contribution < 1.29 is 19.1 Å². The molecule has 6 nitrogen and oxygen atoms in total. The van der Waals surface area contributed by atoms with Crippen LogP contribution in [0.3, 0.4) is 0 Å². The number of hydrogen-bond acceptors (Lipinski definition) is 4. The Morgan fingerprint density at radius 2 is 1.65 bits per heavy atom. The molecule has 0 saturated heterocycles. The van der Waals surface area contributed by atoms with E-state index in [1.54, 1.807) is 18.2 Å². The molecule has 26 heavy (non-hydrogen) atoms. The lowest BCUT2D eigenvalue weighted by Gasteiger charge is -2.09. The Balaban J connectivity index is 1.97. The summed E-state index contributed by atoms with van der Waals surface area (Å²) >= 11 is 6.04. The molecule has 0 saturated carbocycles. The molecule has 0 spiro atoms. The van der Waals surface area contributed by atoms with E-state index in [2.05, 4.69) is 10.9 Å². The number of carbonyl (C=O) groups excluding carboxylic acids is 2. The average Bonchev–Trinajstić information content (AvgIpc) is 2.66. The van der Waals surface area contributed by atoms with Crippen molar-refractivity contribution in [2.24, 2.45) is 0 Å². The first-order valence-electron chi connectivity index (χ1n) is 7.70. The summed E-state index contributed by atoms with van der Waals surface area (Å²) in [5.41, 5.74) is 6.66. The fourth-order valence-corrected chi connectivity index (χ4v) is 2.24. The molecule has 136 valence electrons. The fourth-order valence-electron chi connectivity index (χ4n) is 2.06. The number of aryl methyl sites for hydroxylation is 1. The Hall–Kier alpha value is -2.99. The van der Waals surface area contributed by atoms with Gasteiger partial charge in [-0.3, -0.25) is 20.4 Å². The van der Waals surface area contributed by atoms with Gasteiger partial charge in [-0.25, -0.2) is 0 Å². The lowest BCUT2D eigenvalue weighted by Crippen LogP contribution is -2.40. The molecule has 2 rings (SSSR count). The molecule has 2 N–H and O–H groups in total. The van der Waals surface area contributed by atoms with Crippen LogP contribution in [-0.2, 0) is 4.79 Å². The van der Waals surface area contributed by atoms with Crippen LogP contribution < -0.4 is 20.3 Å². The van der Waals surface area contributed by atoms with Gasteiger partial charge in [-0.2, -0.15) is 0 Å². The van der Waals surface area contributed by atoms with Gasteiger partial charge >= 0.3 is 0 Å². The van der Waals surface area contributed by atoms with Crippen molar-refractivity contribution >= 4 is 29.5 Å². The van der Waals surface area contributed by atoms with Gasteiger partial charge in [0, 0.05) is 22.7 Å². The van der Waals surface area contributed by atoms with E-state index in [1.165, 1.54) is 32.4 Å². The maximum atomic E-state index is 12.2. The van der Waals surface area contributed by atoms with Gasteiger partial charge in [0.25, 0.3) is 11.8 Å². The molecule has 0 bridgehead atoms. The maximum Gasteiger partial charge on any atom is 0.269 e. The number of hydrazine groups is 1. The zero-order chi connectivity index (χ0) is 19.1. The highest BCUT2D eigenvalue weighted by molar-refractivity contribution is 6.31. The van der Waals surface area contributed by atoms with E-state index in [0.717, 1.165) is 11.1 Å². The largest absolute Gasteiger partial charge is 0.497 e. The van der Waals surface area contributed by atoms with E-state index >= 15 is 0 Å². The summed E-state index contributed by atoms with van der Waals surface area (Å²) in [5.74, 6) is -0.0406. The number of rotatable bonds is 5. The molecule has 0 radical (unpaired) electrons. The van der Waals surface area contributed by atoms with Gasteiger partial charge in [0.1, 0.15) is 11.5 Å². The van der Waals surface area contributed by atoms with Crippen molar-refractivity contribution in [1.82, 2.24) is 10.9 Å². The molecule has 7 heteroatoms. The van der Waals surface area contributed by atoms with Crippen molar-refractivity contribution in [2.45, 2.75) is 6.92 Å². The molecule has 2 aromatic rings. The Kier molecular flexibility index (Phi) is 6.63. The standard InChI is InChI=1S/C19H19ClN2O4/c1-12-4-5-13(8-17(12)20)6-7-18(23)21-22-19(24)14-9-15(25-2)11-16(10-14)26-3/h4-11H,1-3H3,(H,21,23)(H,22,24)/b7-6+. The zero-order valence-corrected chi connectivity index (χ0v) is 15.4. The van der Waals surface area contributed by atoms with Gasteiger partial charge < -0.3 is 9.47 Å². The summed E-state index contributed by atoms with van der Waals surface area (Å²) in [5, 5.41) is 0.618. The Bertz CT molecular complexity index is 827. The second-order valence-corrected chi connectivity index (χ2v) is 5.79. The molecular weight excluding hydrogens is 356 g/mol. The number of methoxy groups -OCH3 is 2. The SMILES string of the molecule is COc1cc(OC)cc(C(=O)NNC(=O)/C=C/c2ccc(C)c(Cl)c2)c1. The Morgan fingerprint density at radius 1 is 1.00 bits per heavy atom. The monoisotopic (exact) mass is 374 g/mol. The van der Waals surface area contributed by atoms with Gasteiger partial charge in [-0.1, -0.05) is 23.7 Å². The number of halogens is 1. The predicted molar refractivity (Wildman–Crippen MR) is 100 cm³/mol. The number of amides is 2. The molecule has 0 aliphatic carbocycles. The van der Waals surface area contributed by atoms with Crippen LogP contribution in [0.2, 0.25) is 5.02 Å². The minimum absolute atomic E-state index is 0.288. The second kappa shape index (κ2) is 8.92. The zero-order valence-electron chi connectivity index (χ0n) is 14.6. The van der Waals surface area contributed by atoms with Crippen LogP contribution in [0.4, 0.5) is 0 Å². The first-order chi connectivity index (χ1) is 12.4. The van der Waals surface area contributed by atoms with Gasteiger partial charge in [-0.15, -0.1) is 0 Å². The highest BCUT2D eigenvalue weighted by atomic mass is 35.5. The smallest absolute Gasteiger partial charge is 0.269 e. The highest BCUT2D eigenvalue weighted by Gasteiger charge is 2.10. The number of hydrogen-bond donors (Lipinski definition) is 2. The van der Waals surface area contributed by atoms with Gasteiger partial charge in [-0.05, 0) is 42.3 Å². The summed E-state index contributed by atoms with van der Waals surface area (Å²) in [6.45, 7) is 1.89. The van der Waals surface area contributed by atoms with Crippen LogP contribution in [-0.4, -0.2) is 26.0 Å². The first-order valence-corrected chi connectivity index (χ1v) is 8.08. The van der Waals surface area contributed by atoms with Crippen LogP contribution >= 0.6 is 11.6 Å². The summed E-state index contributed by atoms with van der Waals surface area (Å²) in [7, 11) is 2.97. The minimum Gasteiger partial charge on any atom is -0.497 e. The average molecular weight is 375 g/mol. The Labute approximate surface area is 156 Å². The molecule has 0 aliphatic rings. The summed E-state index contributed by atoms with van der Waals surface area (Å²) in [6.07, 6.45) is 2.90. The third kappa shape index (κ3) is 5.26. The molecule has 0 fully saturated rings. The number of nitrogens with one attached hydrogen (secondary N) is 2. The first kappa shape index (κ1) is 19.3. The van der Waals surface area contributed by atoms with Crippen LogP contribution in [0.15, 0.2) is 42.5 Å². The van der Waals surface area contributed by atoms with E-state index in [1.807, 2.05) is 19.1 Å². The molecule has 0 aliphatic heterocycles. The van der Waals surface area contributed by atoms with Crippen molar-refractivity contribution in [3.8, 4) is 11.5 Å². The van der Waals surface area contributed by atoms with E-state index in [9.17, 15) is 9.59 Å². The van der Waals surface area contributed by atoms with Crippen LogP contribution in [0.1, 0.15) is 21.5 Å². The lowest BCUT2D eigenvalue weighted by atomic mass is 10.1. The van der Waals surface area contributed by atoms with E-state index in [-0.39, 0.29) is 5.56 Å². The fraction of sp³-hybridized carbons (Fsp3) is 0.158. The van der Waals surface area contributed by atoms with Crippen LogP contribution in [0.25, 0.3) is 6.08 Å². The highest BCUT2D eigenvalue weighted by Crippen LogP contribution is 2.22. The van der Waals surface area contributed by atoms with Gasteiger partial charge in [0.05, 0.1) is 14.2 Å². The number of ether oxygens (including phenoxy) is 2. The van der Waals surface area contributed by atoms with Gasteiger partial charge in [0.15, 0.2) is 0 Å². The molecular formula is C19H19ClN2O4. The van der Waals surface area contributed by atoms with Crippen molar-refractivity contribution in [1.29, 1.82) is 0 Å². The molecule has 2 amide bonds. The van der Waals surface area contributed by atoms with Gasteiger partial charge in [0.2, 0.25) is 0 Å². The van der Waals surface area contributed by atoms with Crippen molar-refractivity contribution in [3.63, 3.8) is 0 Å². The van der Waals surface area contributed by atoms with E-state index in [0.29, 0.717) is 16.5 Å². The van der Waals surface area contributed by atoms with Crippen LogP contribution in [0, 0.1) is 6.92 Å². The number of carbonyl (C=O) groups is 2. The Morgan fingerprint density at radius 3 is 2.23 bits per heavy atom. The molecule has 0 unspecified atom stereocenters. The normalized spacial score (nSPS) is 10.5. The summed E-state index contributed by atoms with van der Waals surface area (Å²) in [4.78, 5) is 24.0. The minimum atomic E-state index is -0.498. The molecule has 0 aromatic heterocycles.